The molecular weight excluding hydrogens is 406 g/mol. The van der Waals surface area contributed by atoms with Gasteiger partial charge in [0.25, 0.3) is 0 Å². The molecule has 0 saturated heterocycles. The van der Waals surface area contributed by atoms with E-state index in [1.165, 1.54) is 0 Å². The average molecular weight is 413 g/mol. The predicted octanol–water partition coefficient (Wildman–Crippen LogP) is 3.25. The van der Waals surface area contributed by atoms with Crippen LogP contribution in [-0.2, 0) is 11.8 Å². The van der Waals surface area contributed by atoms with Crippen LogP contribution < -0.4 is 0 Å². The molecule has 0 bridgehead atoms. The van der Waals surface area contributed by atoms with E-state index in [0.717, 1.165) is 24.9 Å². The first-order valence-electron chi connectivity index (χ1n) is 4.68. The molecule has 0 amide bonds. The number of aliphatic carboxylic acids is 1. The number of thioether (sulfide) groups is 1. The van der Waals surface area contributed by atoms with Gasteiger partial charge >= 0.3 is 5.97 Å². The molecule has 5 nitrogen and oxygen atoms in total. The van der Waals surface area contributed by atoms with Gasteiger partial charge in [0.15, 0.2) is 11.0 Å². The predicted molar refractivity (Wildman–Crippen MR) is 78.1 cm³/mol. The highest BCUT2D eigenvalue weighted by Crippen LogP contribution is 2.37. The van der Waals surface area contributed by atoms with E-state index < -0.39 is 5.97 Å². The minimum atomic E-state index is -0.871. The van der Waals surface area contributed by atoms with Crippen molar-refractivity contribution < 1.29 is 9.90 Å². The van der Waals surface area contributed by atoms with Gasteiger partial charge in [0.1, 0.15) is 0 Å². The fraction of sp³-hybridized carbons (Fsp3) is 0.222. The fourth-order valence-electron chi connectivity index (χ4n) is 1.23. The van der Waals surface area contributed by atoms with E-state index in [4.69, 9.17) is 5.11 Å². The van der Waals surface area contributed by atoms with Crippen molar-refractivity contribution in [2.45, 2.75) is 5.16 Å². The topological polar surface area (TPSA) is 68.0 Å². The van der Waals surface area contributed by atoms with Crippen molar-refractivity contribution in [1.82, 2.24) is 14.8 Å². The van der Waals surface area contributed by atoms with Crippen LogP contribution in [0.2, 0.25) is 0 Å². The van der Waals surface area contributed by atoms with Crippen LogP contribution in [0.15, 0.2) is 18.8 Å². The van der Waals surface area contributed by atoms with Crippen LogP contribution in [0.4, 0.5) is 0 Å². The zero-order valence-electron chi connectivity index (χ0n) is 9.05. The van der Waals surface area contributed by atoms with Crippen LogP contribution in [0.5, 0.6) is 0 Å². The van der Waals surface area contributed by atoms with Gasteiger partial charge in [0, 0.05) is 12.6 Å². The molecule has 0 unspecified atom stereocenters. The van der Waals surface area contributed by atoms with Gasteiger partial charge in [0.2, 0.25) is 0 Å². The lowest BCUT2D eigenvalue weighted by Crippen LogP contribution is -2.00. The Labute approximate surface area is 128 Å². The Bertz CT molecular complexity index is 597. The molecule has 96 valence electrons. The molecule has 0 radical (unpaired) electrons. The first kappa shape index (κ1) is 14.0. The lowest BCUT2D eigenvalue weighted by atomic mass is 10.3. The van der Waals surface area contributed by atoms with Gasteiger partial charge in [-0.05, 0) is 37.9 Å². The minimum absolute atomic E-state index is 0.0273. The maximum Gasteiger partial charge on any atom is 0.313 e. The second kappa shape index (κ2) is 5.72. The number of nitrogens with zero attached hydrogens (tertiary/aromatic N) is 3. The molecule has 9 heteroatoms. The summed E-state index contributed by atoms with van der Waals surface area (Å²) in [6.07, 6.45) is 0. The van der Waals surface area contributed by atoms with E-state index in [-0.39, 0.29) is 5.75 Å². The highest BCUT2D eigenvalue weighted by atomic mass is 79.9. The number of halogens is 2. The van der Waals surface area contributed by atoms with Gasteiger partial charge in [-0.25, -0.2) is 9.67 Å². The summed E-state index contributed by atoms with van der Waals surface area (Å²) in [5.41, 5.74) is 0.893. The first-order chi connectivity index (χ1) is 8.47. The number of aryl methyl sites for hydroxylation is 1. The molecule has 0 spiro atoms. The lowest BCUT2D eigenvalue weighted by Gasteiger charge is -1.94. The standard InChI is InChI=1S/C9H7Br2N3O2S2/c1-14-9(17-3-6(15)16)12-8(13-14)4-2-5(10)18-7(4)11/h2H,3H2,1H3,(H,15,16). The number of thiophene rings is 1. The molecule has 0 aromatic carbocycles. The number of hydrogen-bond donors (Lipinski definition) is 1. The SMILES string of the molecule is Cn1nc(-c2cc(Br)sc2Br)nc1SCC(=O)O. The number of carboxylic acid groups (broad SMARTS) is 1. The molecular formula is C9H7Br2N3O2S2. The van der Waals surface area contributed by atoms with Gasteiger partial charge in [0.05, 0.1) is 13.3 Å². The summed E-state index contributed by atoms with van der Waals surface area (Å²) in [6, 6.07) is 1.93. The maximum atomic E-state index is 10.5. The van der Waals surface area contributed by atoms with Crippen molar-refractivity contribution in [3.63, 3.8) is 0 Å². The Morgan fingerprint density at radius 1 is 1.61 bits per heavy atom. The smallest absolute Gasteiger partial charge is 0.313 e. The molecule has 0 aliphatic carbocycles. The van der Waals surface area contributed by atoms with E-state index in [9.17, 15) is 4.79 Å². The second-order valence-electron chi connectivity index (χ2n) is 3.26. The molecule has 2 heterocycles. The largest absolute Gasteiger partial charge is 0.481 e. The molecule has 0 saturated carbocycles. The highest BCUT2D eigenvalue weighted by Gasteiger charge is 2.15. The van der Waals surface area contributed by atoms with Crippen LogP contribution in [0.3, 0.4) is 0 Å². The van der Waals surface area contributed by atoms with E-state index >= 15 is 0 Å². The van der Waals surface area contributed by atoms with Gasteiger partial charge in [-0.2, -0.15) is 5.10 Å². The third-order valence-electron chi connectivity index (χ3n) is 1.95. The summed E-state index contributed by atoms with van der Waals surface area (Å²) in [5, 5.41) is 13.5. The molecule has 2 rings (SSSR count). The van der Waals surface area contributed by atoms with Gasteiger partial charge in [-0.1, -0.05) is 11.8 Å². The highest BCUT2D eigenvalue weighted by molar-refractivity contribution is 9.12. The van der Waals surface area contributed by atoms with Crippen LogP contribution in [0.25, 0.3) is 11.4 Å². The Balaban J connectivity index is 2.28. The first-order valence-corrected chi connectivity index (χ1v) is 8.07. The summed E-state index contributed by atoms with van der Waals surface area (Å²) in [5.74, 6) is -0.316. The molecule has 0 aliphatic heterocycles. The van der Waals surface area contributed by atoms with E-state index in [1.807, 2.05) is 6.07 Å². The molecule has 0 aliphatic rings. The Hall–Kier alpha value is -0.380. The Morgan fingerprint density at radius 3 is 2.89 bits per heavy atom. The zero-order chi connectivity index (χ0) is 13.3. The summed E-state index contributed by atoms with van der Waals surface area (Å²) in [7, 11) is 1.75. The fourth-order valence-corrected chi connectivity index (χ4v) is 4.65. The van der Waals surface area contributed by atoms with Crippen molar-refractivity contribution in [1.29, 1.82) is 0 Å². The molecule has 18 heavy (non-hydrogen) atoms. The Kier molecular flexibility index (Phi) is 4.46. The summed E-state index contributed by atoms with van der Waals surface area (Å²) in [4.78, 5) is 14.9. The van der Waals surface area contributed by atoms with E-state index in [0.29, 0.717) is 11.0 Å². The van der Waals surface area contributed by atoms with Crippen molar-refractivity contribution in [2.24, 2.45) is 7.05 Å². The molecule has 2 aromatic rings. The second-order valence-corrected chi connectivity index (χ2v) is 7.95. The summed E-state index contributed by atoms with van der Waals surface area (Å²) >= 11 is 9.54. The Morgan fingerprint density at radius 2 is 2.33 bits per heavy atom. The van der Waals surface area contributed by atoms with Crippen molar-refractivity contribution >= 4 is 60.9 Å². The quantitative estimate of drug-likeness (QED) is 0.780. The number of carboxylic acids is 1. The molecule has 0 atom stereocenters. The number of aromatic nitrogens is 3. The third-order valence-corrected chi connectivity index (χ3v) is 5.29. The van der Waals surface area contributed by atoms with Crippen molar-refractivity contribution in [2.75, 3.05) is 5.75 Å². The molecule has 2 aromatic heterocycles. The van der Waals surface area contributed by atoms with Crippen LogP contribution in [0.1, 0.15) is 0 Å². The van der Waals surface area contributed by atoms with E-state index in [2.05, 4.69) is 41.9 Å². The summed E-state index contributed by atoms with van der Waals surface area (Å²) < 4.78 is 3.51. The minimum Gasteiger partial charge on any atom is -0.481 e. The normalized spacial score (nSPS) is 10.8. The average Bonchev–Trinajstić information content (AvgIpc) is 2.79. The third kappa shape index (κ3) is 3.14. The van der Waals surface area contributed by atoms with Crippen LogP contribution in [0, 0.1) is 0 Å². The maximum absolute atomic E-state index is 10.5. The van der Waals surface area contributed by atoms with Gasteiger partial charge < -0.3 is 5.11 Å². The molecule has 1 N–H and O–H groups in total. The van der Waals surface area contributed by atoms with Crippen molar-refractivity contribution in [3.8, 4) is 11.4 Å². The lowest BCUT2D eigenvalue weighted by molar-refractivity contribution is -0.133. The monoisotopic (exact) mass is 411 g/mol. The van der Waals surface area contributed by atoms with Crippen LogP contribution in [-0.4, -0.2) is 31.6 Å². The molecule has 0 fully saturated rings. The number of carbonyl (C=O) groups is 1. The van der Waals surface area contributed by atoms with Gasteiger partial charge in [-0.15, -0.1) is 11.3 Å². The van der Waals surface area contributed by atoms with Crippen molar-refractivity contribution in [3.05, 3.63) is 13.6 Å². The number of rotatable bonds is 4. The zero-order valence-corrected chi connectivity index (χ0v) is 13.9. The van der Waals surface area contributed by atoms with E-state index in [1.54, 1.807) is 23.1 Å². The van der Waals surface area contributed by atoms with Gasteiger partial charge in [-0.3, -0.25) is 4.79 Å². The number of hydrogen-bond acceptors (Lipinski definition) is 5. The van der Waals surface area contributed by atoms with Crippen LogP contribution >= 0.6 is 55.0 Å². The summed E-state index contributed by atoms with van der Waals surface area (Å²) in [6.45, 7) is 0.